The van der Waals surface area contributed by atoms with Crippen LogP contribution in [0.4, 0.5) is 4.79 Å². The number of aryl methyl sites for hydroxylation is 1. The third-order valence-electron chi connectivity index (χ3n) is 6.08. The number of rotatable bonds is 2. The summed E-state index contributed by atoms with van der Waals surface area (Å²) in [6, 6.07) is 4.15. The molecule has 1 amide bonds. The van der Waals surface area contributed by atoms with Gasteiger partial charge in [0.1, 0.15) is 11.7 Å². The Bertz CT molecular complexity index is 909. The maximum Gasteiger partial charge on any atom is 0.410 e. The summed E-state index contributed by atoms with van der Waals surface area (Å²) < 4.78 is 13.6. The molecule has 3 heterocycles. The highest BCUT2D eigenvalue weighted by molar-refractivity contribution is 5.68. The molecule has 1 saturated carbocycles. The van der Waals surface area contributed by atoms with Crippen LogP contribution in [0.25, 0.3) is 5.65 Å². The van der Waals surface area contributed by atoms with E-state index in [0.29, 0.717) is 25.6 Å². The molecule has 164 valence electrons. The number of nitrogens with zero attached hydrogens (tertiary/aromatic N) is 4. The molecular weight excluding hydrogens is 380 g/mol. The zero-order valence-electron chi connectivity index (χ0n) is 18.9. The molecule has 7 heteroatoms. The first-order valence-electron chi connectivity index (χ1n) is 11.2. The van der Waals surface area contributed by atoms with E-state index < -0.39 is 5.60 Å². The van der Waals surface area contributed by atoms with Crippen molar-refractivity contribution in [1.29, 1.82) is 0 Å². The van der Waals surface area contributed by atoms with E-state index in [4.69, 9.17) is 19.6 Å². The number of hydrogen-bond donors (Lipinski definition) is 0. The van der Waals surface area contributed by atoms with E-state index in [2.05, 4.69) is 13.0 Å². The molecule has 7 nitrogen and oxygen atoms in total. The number of carbonyl (C=O) groups excluding carboxylic acids is 1. The fraction of sp³-hybridized carbons (Fsp3) is 0.696. The number of amides is 1. The van der Waals surface area contributed by atoms with Gasteiger partial charge < -0.3 is 14.4 Å². The minimum atomic E-state index is -0.514. The lowest BCUT2D eigenvalue weighted by molar-refractivity contribution is -0.0454. The van der Waals surface area contributed by atoms with Crippen LogP contribution in [0.3, 0.4) is 0 Å². The second-order valence-corrected chi connectivity index (χ2v) is 9.90. The predicted octanol–water partition coefficient (Wildman–Crippen LogP) is 4.64. The molecule has 1 aliphatic heterocycles. The van der Waals surface area contributed by atoms with Gasteiger partial charge in [-0.25, -0.2) is 14.3 Å². The first-order valence-corrected chi connectivity index (χ1v) is 11.2. The standard InChI is InChI=1S/C23H34N4O3/c1-15-6-8-17(9-7-15)18-13-21-24-16(2)12-19(27(21)25-18)20-14-26(10-11-29-20)22(28)30-23(3,4)5/h12-13,15,17,20H,6-11,14H2,1-5H3/t15?,17?,20-/m0/s1. The summed E-state index contributed by atoms with van der Waals surface area (Å²) in [5.74, 6) is 1.31. The van der Waals surface area contributed by atoms with Gasteiger partial charge in [0.15, 0.2) is 5.65 Å². The molecule has 2 aromatic rings. The van der Waals surface area contributed by atoms with Gasteiger partial charge in [-0.2, -0.15) is 5.10 Å². The van der Waals surface area contributed by atoms with Crippen LogP contribution in [0.5, 0.6) is 0 Å². The summed E-state index contributed by atoms with van der Waals surface area (Å²) in [6.07, 6.45) is 4.34. The zero-order chi connectivity index (χ0) is 21.5. The maximum atomic E-state index is 12.6. The number of fused-ring (bicyclic) bond motifs is 1. The Balaban J connectivity index is 1.59. The van der Waals surface area contributed by atoms with Crippen LogP contribution < -0.4 is 0 Å². The minimum Gasteiger partial charge on any atom is -0.444 e. The Labute approximate surface area is 178 Å². The van der Waals surface area contributed by atoms with Crippen LogP contribution in [0.2, 0.25) is 0 Å². The van der Waals surface area contributed by atoms with Gasteiger partial charge in [-0.3, -0.25) is 0 Å². The Morgan fingerprint density at radius 1 is 1.20 bits per heavy atom. The molecule has 1 atom stereocenters. The maximum absolute atomic E-state index is 12.6. The van der Waals surface area contributed by atoms with E-state index in [9.17, 15) is 4.79 Å². The normalized spacial score (nSPS) is 25.5. The highest BCUT2D eigenvalue weighted by Gasteiger charge is 2.31. The monoisotopic (exact) mass is 414 g/mol. The number of hydrogen-bond acceptors (Lipinski definition) is 5. The largest absolute Gasteiger partial charge is 0.444 e. The van der Waals surface area contributed by atoms with Gasteiger partial charge >= 0.3 is 6.09 Å². The van der Waals surface area contributed by atoms with Gasteiger partial charge in [0.05, 0.1) is 24.5 Å². The van der Waals surface area contributed by atoms with E-state index in [1.807, 2.05) is 38.3 Å². The summed E-state index contributed by atoms with van der Waals surface area (Å²) in [5, 5.41) is 4.95. The molecule has 0 spiro atoms. The van der Waals surface area contributed by atoms with Gasteiger partial charge in [0, 0.05) is 24.2 Å². The quantitative estimate of drug-likeness (QED) is 0.716. The molecule has 4 rings (SSSR count). The summed E-state index contributed by atoms with van der Waals surface area (Å²) in [4.78, 5) is 19.0. The smallest absolute Gasteiger partial charge is 0.410 e. The predicted molar refractivity (Wildman–Crippen MR) is 115 cm³/mol. The Morgan fingerprint density at radius 3 is 2.63 bits per heavy atom. The van der Waals surface area contributed by atoms with E-state index in [1.165, 1.54) is 25.7 Å². The molecule has 0 aromatic carbocycles. The molecular formula is C23H34N4O3. The van der Waals surface area contributed by atoms with Crippen LogP contribution in [0, 0.1) is 12.8 Å². The molecule has 0 radical (unpaired) electrons. The van der Waals surface area contributed by atoms with Crippen LogP contribution in [-0.4, -0.2) is 50.9 Å². The van der Waals surface area contributed by atoms with Crippen molar-refractivity contribution in [3.8, 4) is 0 Å². The molecule has 2 aliphatic rings. The Kier molecular flexibility index (Phi) is 5.75. The van der Waals surface area contributed by atoms with E-state index >= 15 is 0 Å². The highest BCUT2D eigenvalue weighted by Crippen LogP contribution is 2.35. The zero-order valence-corrected chi connectivity index (χ0v) is 18.9. The first kappa shape index (κ1) is 21.1. The van der Waals surface area contributed by atoms with E-state index in [1.54, 1.807) is 4.90 Å². The lowest BCUT2D eigenvalue weighted by Crippen LogP contribution is -2.45. The Morgan fingerprint density at radius 2 is 1.93 bits per heavy atom. The lowest BCUT2D eigenvalue weighted by Gasteiger charge is -2.34. The van der Waals surface area contributed by atoms with Gasteiger partial charge in [-0.15, -0.1) is 0 Å². The number of aromatic nitrogens is 3. The van der Waals surface area contributed by atoms with E-state index in [0.717, 1.165) is 28.6 Å². The lowest BCUT2D eigenvalue weighted by atomic mass is 9.81. The fourth-order valence-corrected chi connectivity index (χ4v) is 4.45. The molecule has 0 unspecified atom stereocenters. The second kappa shape index (κ2) is 8.17. The fourth-order valence-electron chi connectivity index (χ4n) is 4.45. The van der Waals surface area contributed by atoms with Crippen molar-refractivity contribution in [3.05, 3.63) is 29.2 Å². The average molecular weight is 415 g/mol. The molecule has 1 saturated heterocycles. The summed E-state index contributed by atoms with van der Waals surface area (Å²) >= 11 is 0. The Hall–Kier alpha value is -2.15. The third kappa shape index (κ3) is 4.61. The number of ether oxygens (including phenoxy) is 2. The number of carbonyl (C=O) groups is 1. The SMILES string of the molecule is Cc1cc([C@@H]2CN(C(=O)OC(C)(C)C)CCO2)n2nc(C3CCC(C)CC3)cc2n1. The molecule has 0 N–H and O–H groups in total. The van der Waals surface area contributed by atoms with E-state index in [-0.39, 0.29) is 12.2 Å². The molecule has 30 heavy (non-hydrogen) atoms. The van der Waals surface area contributed by atoms with Crippen molar-refractivity contribution in [2.24, 2.45) is 5.92 Å². The van der Waals surface area contributed by atoms with Crippen LogP contribution in [0.15, 0.2) is 12.1 Å². The average Bonchev–Trinajstić information content (AvgIpc) is 3.10. The highest BCUT2D eigenvalue weighted by atomic mass is 16.6. The number of morpholine rings is 1. The molecule has 1 aliphatic carbocycles. The van der Waals surface area contributed by atoms with Gasteiger partial charge in [0.25, 0.3) is 0 Å². The van der Waals surface area contributed by atoms with Crippen molar-refractivity contribution in [3.63, 3.8) is 0 Å². The van der Waals surface area contributed by atoms with Crippen LogP contribution in [0.1, 0.15) is 82.5 Å². The van der Waals surface area contributed by atoms with Crippen molar-refractivity contribution in [2.45, 2.75) is 77.9 Å². The third-order valence-corrected chi connectivity index (χ3v) is 6.08. The van der Waals surface area contributed by atoms with Crippen molar-refractivity contribution in [1.82, 2.24) is 19.5 Å². The molecule has 2 fully saturated rings. The van der Waals surface area contributed by atoms with Gasteiger partial charge in [-0.05, 0) is 52.5 Å². The summed E-state index contributed by atoms with van der Waals surface area (Å²) in [5.41, 5.74) is 3.35. The van der Waals surface area contributed by atoms with Gasteiger partial charge in [0.2, 0.25) is 0 Å². The minimum absolute atomic E-state index is 0.255. The summed E-state index contributed by atoms with van der Waals surface area (Å²) in [6.45, 7) is 11.4. The van der Waals surface area contributed by atoms with Crippen molar-refractivity contribution >= 4 is 11.7 Å². The second-order valence-electron chi connectivity index (χ2n) is 9.90. The first-order chi connectivity index (χ1) is 14.2. The van der Waals surface area contributed by atoms with Gasteiger partial charge in [-0.1, -0.05) is 19.8 Å². The summed E-state index contributed by atoms with van der Waals surface area (Å²) in [7, 11) is 0. The van der Waals surface area contributed by atoms with Crippen LogP contribution in [-0.2, 0) is 9.47 Å². The van der Waals surface area contributed by atoms with Crippen molar-refractivity contribution < 1.29 is 14.3 Å². The molecule has 2 aromatic heterocycles. The van der Waals surface area contributed by atoms with Crippen LogP contribution >= 0.6 is 0 Å². The van der Waals surface area contributed by atoms with Crippen molar-refractivity contribution in [2.75, 3.05) is 19.7 Å². The topological polar surface area (TPSA) is 69.0 Å². The molecule has 0 bridgehead atoms.